The summed E-state index contributed by atoms with van der Waals surface area (Å²) in [4.78, 5) is 12.0. The lowest BCUT2D eigenvalue weighted by Crippen LogP contribution is -2.37. The molecule has 0 spiro atoms. The zero-order chi connectivity index (χ0) is 20.0. The molecule has 2 aromatic rings. The molecular weight excluding hydrogens is 386 g/mol. The SMILES string of the molecule is C=C(C(=O)OC)C(/C=C(\Cl)c1ccc(C)cc1)NS(=O)(=O)c1ccccc1. The molecule has 1 N–H and O–H groups in total. The van der Waals surface area contributed by atoms with E-state index in [1.54, 1.807) is 30.3 Å². The number of halogens is 1. The summed E-state index contributed by atoms with van der Waals surface area (Å²) in [5.41, 5.74) is 1.66. The highest BCUT2D eigenvalue weighted by atomic mass is 35.5. The Balaban J connectivity index is 2.40. The summed E-state index contributed by atoms with van der Waals surface area (Å²) >= 11 is 6.35. The quantitative estimate of drug-likeness (QED) is 0.563. The minimum Gasteiger partial charge on any atom is -0.466 e. The first-order valence-electron chi connectivity index (χ1n) is 8.03. The van der Waals surface area contributed by atoms with Crippen LogP contribution in [-0.4, -0.2) is 27.5 Å². The lowest BCUT2D eigenvalue weighted by Gasteiger charge is -2.17. The van der Waals surface area contributed by atoms with Crippen molar-refractivity contribution in [2.45, 2.75) is 17.9 Å². The van der Waals surface area contributed by atoms with Gasteiger partial charge in [-0.15, -0.1) is 0 Å². The monoisotopic (exact) mass is 405 g/mol. The Hall–Kier alpha value is -2.41. The molecule has 0 radical (unpaired) electrons. The summed E-state index contributed by atoms with van der Waals surface area (Å²) in [6, 6.07) is 14.1. The van der Waals surface area contributed by atoms with Crippen molar-refractivity contribution in [3.05, 3.63) is 84.0 Å². The summed E-state index contributed by atoms with van der Waals surface area (Å²) in [5.74, 6) is -0.736. The van der Waals surface area contributed by atoms with E-state index in [4.69, 9.17) is 11.6 Å². The second kappa shape index (κ2) is 8.99. The number of rotatable bonds is 7. The van der Waals surface area contributed by atoms with Crippen molar-refractivity contribution < 1.29 is 17.9 Å². The van der Waals surface area contributed by atoms with Crippen LogP contribution in [0.2, 0.25) is 0 Å². The molecule has 0 saturated heterocycles. The normalized spacial score (nSPS) is 13.1. The van der Waals surface area contributed by atoms with Gasteiger partial charge in [0.2, 0.25) is 10.0 Å². The standard InChI is InChI=1S/C20H20ClNO4S/c1-14-9-11-16(12-10-14)18(21)13-19(15(2)20(23)26-3)22-27(24,25)17-7-5-4-6-8-17/h4-13,19,22H,2H2,1,3H3/b18-13-. The van der Waals surface area contributed by atoms with Gasteiger partial charge >= 0.3 is 5.97 Å². The summed E-state index contributed by atoms with van der Waals surface area (Å²) in [6.45, 7) is 5.60. The fourth-order valence-corrected chi connectivity index (χ4v) is 3.70. The molecule has 0 aromatic heterocycles. The van der Waals surface area contributed by atoms with Crippen LogP contribution in [0.1, 0.15) is 11.1 Å². The van der Waals surface area contributed by atoms with Crippen molar-refractivity contribution in [3.63, 3.8) is 0 Å². The molecule has 1 unspecified atom stereocenters. The Morgan fingerprint density at radius 2 is 1.74 bits per heavy atom. The highest BCUT2D eigenvalue weighted by Crippen LogP contribution is 2.22. The van der Waals surface area contributed by atoms with Gasteiger partial charge in [-0.25, -0.2) is 13.2 Å². The van der Waals surface area contributed by atoms with Crippen LogP contribution in [0.5, 0.6) is 0 Å². The molecule has 7 heteroatoms. The van der Waals surface area contributed by atoms with Crippen LogP contribution in [0.4, 0.5) is 0 Å². The average Bonchev–Trinajstić information content (AvgIpc) is 2.67. The largest absolute Gasteiger partial charge is 0.466 e. The van der Waals surface area contributed by atoms with Gasteiger partial charge in [0.1, 0.15) is 0 Å². The number of aryl methyl sites for hydroxylation is 1. The number of esters is 1. The molecular formula is C20H20ClNO4S. The van der Waals surface area contributed by atoms with Gasteiger partial charge < -0.3 is 4.74 Å². The maximum absolute atomic E-state index is 12.6. The predicted molar refractivity (Wildman–Crippen MR) is 107 cm³/mol. The van der Waals surface area contributed by atoms with Crippen LogP contribution in [0.3, 0.4) is 0 Å². The second-order valence-electron chi connectivity index (χ2n) is 5.81. The smallest absolute Gasteiger partial charge is 0.335 e. The Labute approximate surface area is 164 Å². The van der Waals surface area contributed by atoms with Crippen molar-refractivity contribution in [1.29, 1.82) is 0 Å². The Morgan fingerprint density at radius 3 is 2.30 bits per heavy atom. The van der Waals surface area contributed by atoms with Crippen LogP contribution in [0, 0.1) is 6.92 Å². The minimum absolute atomic E-state index is 0.0625. The van der Waals surface area contributed by atoms with E-state index in [-0.39, 0.29) is 15.5 Å². The van der Waals surface area contributed by atoms with Gasteiger partial charge in [-0.05, 0) is 30.7 Å². The third-order valence-electron chi connectivity index (χ3n) is 3.80. The van der Waals surface area contributed by atoms with E-state index in [1.165, 1.54) is 25.3 Å². The van der Waals surface area contributed by atoms with Crippen molar-refractivity contribution in [2.24, 2.45) is 0 Å². The van der Waals surface area contributed by atoms with E-state index in [1.807, 2.05) is 19.1 Å². The van der Waals surface area contributed by atoms with Gasteiger partial charge in [0.25, 0.3) is 0 Å². The van der Waals surface area contributed by atoms with Gasteiger partial charge in [0.05, 0.1) is 23.6 Å². The number of methoxy groups -OCH3 is 1. The third kappa shape index (κ3) is 5.53. The highest BCUT2D eigenvalue weighted by Gasteiger charge is 2.25. The predicted octanol–water partition coefficient (Wildman–Crippen LogP) is 3.65. The Morgan fingerprint density at radius 1 is 1.15 bits per heavy atom. The fourth-order valence-electron chi connectivity index (χ4n) is 2.25. The molecule has 0 amide bonds. The van der Waals surface area contributed by atoms with Gasteiger partial charge in [-0.1, -0.05) is 66.2 Å². The van der Waals surface area contributed by atoms with Crippen LogP contribution < -0.4 is 4.72 Å². The number of nitrogens with one attached hydrogen (secondary N) is 1. The number of benzene rings is 2. The van der Waals surface area contributed by atoms with Gasteiger partial charge in [0.15, 0.2) is 0 Å². The molecule has 27 heavy (non-hydrogen) atoms. The molecule has 2 rings (SSSR count). The second-order valence-corrected chi connectivity index (χ2v) is 7.93. The molecule has 2 aromatic carbocycles. The number of sulfonamides is 1. The van der Waals surface area contributed by atoms with Gasteiger partial charge in [-0.3, -0.25) is 0 Å². The van der Waals surface area contributed by atoms with Crippen LogP contribution in [-0.2, 0) is 19.6 Å². The maximum atomic E-state index is 12.6. The van der Waals surface area contributed by atoms with Gasteiger partial charge in [-0.2, -0.15) is 4.72 Å². The van der Waals surface area contributed by atoms with Crippen molar-refractivity contribution in [3.8, 4) is 0 Å². The number of carbonyl (C=O) groups is 1. The summed E-state index contributed by atoms with van der Waals surface area (Å²) in [6.07, 6.45) is 1.42. The first kappa shape index (κ1) is 20.9. The first-order chi connectivity index (χ1) is 12.7. The molecule has 0 fully saturated rings. The van der Waals surface area contributed by atoms with E-state index < -0.39 is 22.0 Å². The molecule has 0 saturated carbocycles. The summed E-state index contributed by atoms with van der Waals surface area (Å²) < 4.78 is 32.4. The van der Waals surface area contributed by atoms with E-state index in [0.717, 1.165) is 5.56 Å². The number of ether oxygens (including phenoxy) is 1. The summed E-state index contributed by atoms with van der Waals surface area (Å²) in [7, 11) is -2.71. The summed E-state index contributed by atoms with van der Waals surface area (Å²) in [5, 5.41) is 0.279. The van der Waals surface area contributed by atoms with E-state index >= 15 is 0 Å². The average molecular weight is 406 g/mol. The highest BCUT2D eigenvalue weighted by molar-refractivity contribution is 7.89. The number of hydrogen-bond acceptors (Lipinski definition) is 4. The van der Waals surface area contributed by atoms with Crippen LogP contribution >= 0.6 is 11.6 Å². The Bertz CT molecular complexity index is 951. The molecule has 0 heterocycles. The minimum atomic E-state index is -3.90. The number of carbonyl (C=O) groups excluding carboxylic acids is 1. The molecule has 0 aliphatic carbocycles. The molecule has 142 valence electrons. The topological polar surface area (TPSA) is 72.5 Å². The van der Waals surface area contributed by atoms with E-state index in [2.05, 4.69) is 16.0 Å². The van der Waals surface area contributed by atoms with E-state index in [0.29, 0.717) is 5.56 Å². The third-order valence-corrected chi connectivity index (χ3v) is 5.60. The lowest BCUT2D eigenvalue weighted by atomic mass is 10.1. The fraction of sp³-hybridized carbons (Fsp3) is 0.150. The van der Waals surface area contributed by atoms with Crippen LogP contribution in [0.15, 0.2) is 77.7 Å². The molecule has 0 aliphatic rings. The number of hydrogen-bond donors (Lipinski definition) is 1. The first-order valence-corrected chi connectivity index (χ1v) is 9.89. The molecule has 1 atom stereocenters. The molecule has 0 bridgehead atoms. The van der Waals surface area contributed by atoms with E-state index in [9.17, 15) is 13.2 Å². The van der Waals surface area contributed by atoms with Crippen LogP contribution in [0.25, 0.3) is 5.03 Å². The van der Waals surface area contributed by atoms with Gasteiger partial charge in [0, 0.05) is 5.03 Å². The molecule has 5 nitrogen and oxygen atoms in total. The maximum Gasteiger partial charge on any atom is 0.335 e. The zero-order valence-corrected chi connectivity index (χ0v) is 16.5. The molecule has 0 aliphatic heterocycles. The van der Waals surface area contributed by atoms with Crippen molar-refractivity contribution in [2.75, 3.05) is 7.11 Å². The van der Waals surface area contributed by atoms with Crippen molar-refractivity contribution >= 4 is 32.6 Å². The van der Waals surface area contributed by atoms with Crippen molar-refractivity contribution in [1.82, 2.24) is 4.72 Å². The Kier molecular flexibility index (Phi) is 6.96. The zero-order valence-electron chi connectivity index (χ0n) is 15.0. The lowest BCUT2D eigenvalue weighted by molar-refractivity contribution is -0.136.